The van der Waals surface area contributed by atoms with Crippen molar-refractivity contribution in [1.82, 2.24) is 14.6 Å². The minimum Gasteiger partial charge on any atom is -0.394 e. The van der Waals surface area contributed by atoms with Crippen LogP contribution in [0.5, 0.6) is 0 Å². The van der Waals surface area contributed by atoms with E-state index in [0.717, 1.165) is 4.52 Å². The van der Waals surface area contributed by atoms with Crippen LogP contribution in [0.3, 0.4) is 0 Å². The average molecular weight is 475 g/mol. The number of fused-ring (bicyclic) bond motifs is 1. The van der Waals surface area contributed by atoms with E-state index in [4.69, 9.17) is 11.6 Å². The third-order valence-corrected chi connectivity index (χ3v) is 5.73. The standard InChI is InChI=1S/C22H18ClF3N6O/c1-3-28-18-9-14(23)5-4-13(18)8-16-12(2)29-20-17(10-27)19(22(24,25)26)30-32(20)21(16)31-7-6-15(31)11-33/h3-5,8-9,15,33H,1,6-7,11H2,2H3/b13-8+,28-18?. The Balaban J connectivity index is 2.04. The van der Waals surface area contributed by atoms with Gasteiger partial charge in [0.25, 0.3) is 0 Å². The van der Waals surface area contributed by atoms with Gasteiger partial charge in [0.15, 0.2) is 11.3 Å². The second-order valence-corrected chi connectivity index (χ2v) is 7.92. The number of nitriles is 1. The summed E-state index contributed by atoms with van der Waals surface area (Å²) in [5.74, 6) is 0.314. The molecular weight excluding hydrogens is 457 g/mol. The molecule has 1 atom stereocenters. The first-order valence-electron chi connectivity index (χ1n) is 9.93. The van der Waals surface area contributed by atoms with Gasteiger partial charge >= 0.3 is 6.18 Å². The Bertz CT molecular complexity index is 1310. The highest BCUT2D eigenvalue weighted by Gasteiger charge is 2.41. The fourth-order valence-electron chi connectivity index (χ4n) is 3.82. The highest BCUT2D eigenvalue weighted by Crippen LogP contribution is 2.38. The molecule has 170 valence electrons. The molecule has 11 heteroatoms. The number of aliphatic imine (C=N–C) groups is 1. The number of hydrogen-bond donors (Lipinski definition) is 1. The van der Waals surface area contributed by atoms with Crippen LogP contribution in [0.2, 0.25) is 0 Å². The Kier molecular flexibility index (Phi) is 5.86. The molecule has 1 aliphatic heterocycles. The predicted octanol–water partition coefficient (Wildman–Crippen LogP) is 4.16. The number of aromatic nitrogens is 3. The lowest BCUT2D eigenvalue weighted by atomic mass is 9.98. The van der Waals surface area contributed by atoms with E-state index in [1.807, 2.05) is 0 Å². The molecule has 2 aromatic rings. The summed E-state index contributed by atoms with van der Waals surface area (Å²) < 4.78 is 41.9. The highest BCUT2D eigenvalue weighted by molar-refractivity contribution is 6.35. The molecule has 1 aliphatic carbocycles. The van der Waals surface area contributed by atoms with E-state index in [0.29, 0.717) is 46.4 Å². The van der Waals surface area contributed by atoms with Gasteiger partial charge in [0.2, 0.25) is 0 Å². The van der Waals surface area contributed by atoms with E-state index >= 15 is 0 Å². The second-order valence-electron chi connectivity index (χ2n) is 7.48. The molecule has 0 aromatic carbocycles. The van der Waals surface area contributed by atoms with Crippen LogP contribution in [0.25, 0.3) is 11.7 Å². The monoisotopic (exact) mass is 474 g/mol. The number of aliphatic hydroxyl groups excluding tert-OH is 1. The third kappa shape index (κ3) is 3.94. The topological polar surface area (TPSA) is 89.8 Å². The van der Waals surface area contributed by atoms with Crippen molar-refractivity contribution in [1.29, 1.82) is 5.26 Å². The number of aliphatic hydroxyl groups is 1. The van der Waals surface area contributed by atoms with E-state index in [1.165, 1.54) is 6.20 Å². The predicted molar refractivity (Wildman–Crippen MR) is 119 cm³/mol. The number of aryl methyl sites for hydroxylation is 1. The van der Waals surface area contributed by atoms with Crippen LogP contribution in [0.1, 0.15) is 28.9 Å². The lowest BCUT2D eigenvalue weighted by Gasteiger charge is -2.42. The molecule has 0 amide bonds. The van der Waals surface area contributed by atoms with Crippen LogP contribution in [0, 0.1) is 18.3 Å². The summed E-state index contributed by atoms with van der Waals surface area (Å²) in [6, 6.07) is 1.30. The Morgan fingerprint density at radius 3 is 2.76 bits per heavy atom. The van der Waals surface area contributed by atoms with E-state index < -0.39 is 17.4 Å². The number of rotatable bonds is 4. The molecular formula is C22H18ClF3N6O. The highest BCUT2D eigenvalue weighted by atomic mass is 35.5. The van der Waals surface area contributed by atoms with Gasteiger partial charge < -0.3 is 10.0 Å². The number of nitrogens with zero attached hydrogens (tertiary/aromatic N) is 6. The fourth-order valence-corrected chi connectivity index (χ4v) is 3.98. The summed E-state index contributed by atoms with van der Waals surface area (Å²) in [6.45, 7) is 5.56. The Labute approximate surface area is 192 Å². The fraction of sp³-hybridized carbons (Fsp3) is 0.273. The largest absolute Gasteiger partial charge is 0.436 e. The molecule has 0 bridgehead atoms. The first-order chi connectivity index (χ1) is 15.7. The average Bonchev–Trinajstić information content (AvgIpc) is 3.10. The van der Waals surface area contributed by atoms with Gasteiger partial charge in [0, 0.05) is 28.9 Å². The molecule has 3 heterocycles. The quantitative estimate of drug-likeness (QED) is 0.718. The van der Waals surface area contributed by atoms with Crippen molar-refractivity contribution in [3.63, 3.8) is 0 Å². The lowest BCUT2D eigenvalue weighted by molar-refractivity contribution is -0.141. The number of allylic oxidation sites excluding steroid dienone is 5. The van der Waals surface area contributed by atoms with E-state index in [2.05, 4.69) is 21.7 Å². The van der Waals surface area contributed by atoms with Crippen molar-refractivity contribution >= 4 is 34.9 Å². The lowest BCUT2D eigenvalue weighted by Crippen LogP contribution is -2.51. The van der Waals surface area contributed by atoms with Crippen LogP contribution < -0.4 is 4.90 Å². The minimum atomic E-state index is -4.83. The van der Waals surface area contributed by atoms with Crippen molar-refractivity contribution in [2.24, 2.45) is 4.99 Å². The maximum absolute atomic E-state index is 13.6. The van der Waals surface area contributed by atoms with E-state index in [1.54, 1.807) is 42.2 Å². The van der Waals surface area contributed by atoms with Gasteiger partial charge in [0.05, 0.1) is 24.1 Å². The number of alkyl halides is 3. The summed E-state index contributed by atoms with van der Waals surface area (Å²) >= 11 is 6.09. The van der Waals surface area contributed by atoms with E-state index in [-0.39, 0.29) is 18.3 Å². The van der Waals surface area contributed by atoms with Crippen LogP contribution in [0.15, 0.2) is 46.6 Å². The van der Waals surface area contributed by atoms with E-state index in [9.17, 15) is 23.5 Å². The maximum Gasteiger partial charge on any atom is 0.436 e. The van der Waals surface area contributed by atoms with Crippen LogP contribution in [-0.4, -0.2) is 44.6 Å². The van der Waals surface area contributed by atoms with Gasteiger partial charge in [0.1, 0.15) is 17.5 Å². The van der Waals surface area contributed by atoms with Crippen molar-refractivity contribution in [3.8, 4) is 6.07 Å². The molecule has 33 heavy (non-hydrogen) atoms. The third-order valence-electron chi connectivity index (χ3n) is 5.50. The van der Waals surface area contributed by atoms with Crippen molar-refractivity contribution in [2.75, 3.05) is 18.1 Å². The molecule has 7 nitrogen and oxygen atoms in total. The summed E-state index contributed by atoms with van der Waals surface area (Å²) in [5, 5.41) is 23.4. The summed E-state index contributed by atoms with van der Waals surface area (Å²) in [5.41, 5.74) is -0.104. The number of hydrogen-bond acceptors (Lipinski definition) is 6. The van der Waals surface area contributed by atoms with Crippen LogP contribution in [-0.2, 0) is 6.18 Å². The zero-order valence-electron chi connectivity index (χ0n) is 17.4. The Morgan fingerprint density at radius 2 is 2.18 bits per heavy atom. The molecule has 1 N–H and O–H groups in total. The second kappa shape index (κ2) is 8.50. The molecule has 2 aromatic heterocycles. The molecule has 0 spiro atoms. The first-order valence-corrected chi connectivity index (χ1v) is 10.3. The molecule has 4 rings (SSSR count). The SMILES string of the molecule is C=CN=C1C=C(Cl)C=C/C1=C\c1c(C)nc2c(C#N)c(C(F)(F)F)nn2c1N1CCC1CO. The molecule has 2 aliphatic rings. The minimum absolute atomic E-state index is 0.182. The van der Waals surface area contributed by atoms with Gasteiger partial charge in [-0.2, -0.15) is 28.0 Å². The van der Waals surface area contributed by atoms with Crippen molar-refractivity contribution in [2.45, 2.75) is 25.6 Å². The van der Waals surface area contributed by atoms with Crippen LogP contribution >= 0.6 is 11.6 Å². The van der Waals surface area contributed by atoms with Gasteiger partial charge in [-0.25, -0.2) is 4.98 Å². The zero-order valence-corrected chi connectivity index (χ0v) is 18.2. The van der Waals surface area contributed by atoms with Gasteiger partial charge in [-0.1, -0.05) is 24.3 Å². The number of halogens is 4. The molecule has 0 saturated carbocycles. The Morgan fingerprint density at radius 1 is 1.42 bits per heavy atom. The number of anilines is 1. The Hall–Kier alpha value is -3.42. The van der Waals surface area contributed by atoms with Crippen molar-refractivity contribution in [3.05, 3.63) is 64.1 Å². The van der Waals surface area contributed by atoms with Gasteiger partial charge in [-0.3, -0.25) is 4.99 Å². The maximum atomic E-state index is 13.6. The summed E-state index contributed by atoms with van der Waals surface area (Å²) in [4.78, 5) is 10.3. The summed E-state index contributed by atoms with van der Waals surface area (Å²) in [7, 11) is 0. The van der Waals surface area contributed by atoms with Crippen LogP contribution in [0.4, 0.5) is 19.0 Å². The molecule has 1 unspecified atom stereocenters. The van der Waals surface area contributed by atoms with Crippen molar-refractivity contribution < 1.29 is 18.3 Å². The normalized spacial score (nSPS) is 20.8. The molecule has 0 radical (unpaired) electrons. The zero-order chi connectivity index (χ0) is 23.9. The smallest absolute Gasteiger partial charge is 0.394 e. The molecule has 1 saturated heterocycles. The first kappa shape index (κ1) is 22.8. The van der Waals surface area contributed by atoms with Gasteiger partial charge in [-0.05, 0) is 31.6 Å². The van der Waals surface area contributed by atoms with Gasteiger partial charge in [-0.15, -0.1) is 0 Å². The molecule has 1 fully saturated rings. The summed E-state index contributed by atoms with van der Waals surface area (Å²) in [6.07, 6.45) is 3.95.